The van der Waals surface area contributed by atoms with Crippen molar-refractivity contribution in [2.24, 2.45) is 5.92 Å². The van der Waals surface area contributed by atoms with E-state index < -0.39 is 0 Å². The van der Waals surface area contributed by atoms with Crippen LogP contribution in [0.5, 0.6) is 5.75 Å². The van der Waals surface area contributed by atoms with Crippen LogP contribution in [0.4, 0.5) is 0 Å². The average molecular weight is 261 g/mol. The van der Waals surface area contributed by atoms with Crippen LogP contribution in [0, 0.1) is 5.92 Å². The second-order valence-corrected chi connectivity index (χ2v) is 5.79. The van der Waals surface area contributed by atoms with Gasteiger partial charge in [-0.05, 0) is 56.2 Å². The maximum absolute atomic E-state index is 5.30. The zero-order valence-electron chi connectivity index (χ0n) is 12.5. The van der Waals surface area contributed by atoms with Crippen LogP contribution in [0.2, 0.25) is 0 Å². The molecule has 2 rings (SSSR count). The van der Waals surface area contributed by atoms with E-state index in [0.717, 1.165) is 11.7 Å². The summed E-state index contributed by atoms with van der Waals surface area (Å²) in [5.74, 6) is 1.91. The topological polar surface area (TPSA) is 21.3 Å². The van der Waals surface area contributed by atoms with Gasteiger partial charge in [0.2, 0.25) is 0 Å². The van der Waals surface area contributed by atoms with Crippen molar-refractivity contribution in [3.8, 4) is 5.75 Å². The van der Waals surface area contributed by atoms with Crippen LogP contribution in [0.15, 0.2) is 24.3 Å². The molecule has 1 aromatic rings. The second-order valence-electron chi connectivity index (χ2n) is 5.79. The number of nitrogens with one attached hydrogen (secondary N) is 1. The molecule has 0 aliphatic heterocycles. The zero-order valence-corrected chi connectivity index (χ0v) is 12.5. The van der Waals surface area contributed by atoms with Crippen molar-refractivity contribution in [3.05, 3.63) is 29.8 Å². The zero-order chi connectivity index (χ0) is 13.7. The fourth-order valence-electron chi connectivity index (χ4n) is 3.10. The normalized spacial score (nSPS) is 25.0. The molecular formula is C17H27NO. The minimum atomic E-state index is 0.401. The minimum Gasteiger partial charge on any atom is -0.497 e. The van der Waals surface area contributed by atoms with Crippen LogP contribution < -0.4 is 10.1 Å². The van der Waals surface area contributed by atoms with Gasteiger partial charge in [-0.1, -0.05) is 25.5 Å². The molecule has 0 saturated heterocycles. The molecule has 0 heterocycles. The lowest BCUT2D eigenvalue weighted by Gasteiger charge is -2.31. The Balaban J connectivity index is 1.88. The van der Waals surface area contributed by atoms with E-state index in [1.165, 1.54) is 37.7 Å². The van der Waals surface area contributed by atoms with Crippen LogP contribution in [0.3, 0.4) is 0 Å². The molecule has 1 N–H and O–H groups in total. The first kappa shape index (κ1) is 14.4. The van der Waals surface area contributed by atoms with E-state index in [1.807, 2.05) is 6.07 Å². The Morgan fingerprint density at radius 1 is 1.26 bits per heavy atom. The number of rotatable bonds is 5. The van der Waals surface area contributed by atoms with Crippen molar-refractivity contribution in [2.75, 3.05) is 7.11 Å². The third-order valence-electron chi connectivity index (χ3n) is 4.50. The predicted octanol–water partition coefficient (Wildman–Crippen LogP) is 4.31. The van der Waals surface area contributed by atoms with Crippen molar-refractivity contribution >= 4 is 0 Å². The van der Waals surface area contributed by atoms with Crippen molar-refractivity contribution in [3.63, 3.8) is 0 Å². The van der Waals surface area contributed by atoms with Gasteiger partial charge in [0.15, 0.2) is 0 Å². The molecule has 0 radical (unpaired) electrons. The summed E-state index contributed by atoms with van der Waals surface area (Å²) in [6.45, 7) is 4.57. The quantitative estimate of drug-likeness (QED) is 0.852. The fraction of sp³-hybridized carbons (Fsp3) is 0.647. The summed E-state index contributed by atoms with van der Waals surface area (Å²) in [6, 6.07) is 9.47. The molecule has 0 amide bonds. The highest BCUT2D eigenvalue weighted by molar-refractivity contribution is 5.30. The van der Waals surface area contributed by atoms with Gasteiger partial charge in [-0.25, -0.2) is 0 Å². The lowest BCUT2D eigenvalue weighted by Crippen LogP contribution is -2.34. The van der Waals surface area contributed by atoms with Crippen molar-refractivity contribution < 1.29 is 4.74 Å². The summed E-state index contributed by atoms with van der Waals surface area (Å²) in [6.07, 6.45) is 6.77. The highest BCUT2D eigenvalue weighted by Crippen LogP contribution is 2.28. The Kier molecular flexibility index (Phi) is 5.26. The summed E-state index contributed by atoms with van der Waals surface area (Å²) >= 11 is 0. The SMILES string of the molecule is CCC1CCC(N[C@@H](C)c2cccc(OC)c2)CC1. The molecule has 1 saturated carbocycles. The van der Waals surface area contributed by atoms with Gasteiger partial charge in [-0.2, -0.15) is 0 Å². The average Bonchev–Trinajstić information content (AvgIpc) is 2.48. The molecule has 106 valence electrons. The van der Waals surface area contributed by atoms with Gasteiger partial charge < -0.3 is 10.1 Å². The molecule has 1 aliphatic carbocycles. The molecule has 1 aromatic carbocycles. The third-order valence-corrected chi connectivity index (χ3v) is 4.50. The van der Waals surface area contributed by atoms with Gasteiger partial charge in [-0.15, -0.1) is 0 Å². The van der Waals surface area contributed by atoms with Gasteiger partial charge in [0, 0.05) is 12.1 Å². The number of ether oxygens (including phenoxy) is 1. The lowest BCUT2D eigenvalue weighted by atomic mass is 9.84. The molecule has 0 spiro atoms. The van der Waals surface area contributed by atoms with Crippen molar-refractivity contribution in [1.29, 1.82) is 0 Å². The molecule has 2 nitrogen and oxygen atoms in total. The van der Waals surface area contributed by atoms with Gasteiger partial charge in [0.25, 0.3) is 0 Å². The molecule has 0 bridgehead atoms. The monoisotopic (exact) mass is 261 g/mol. The first-order valence-corrected chi connectivity index (χ1v) is 7.63. The van der Waals surface area contributed by atoms with Gasteiger partial charge in [0.05, 0.1) is 7.11 Å². The Bertz CT molecular complexity index is 383. The maximum Gasteiger partial charge on any atom is 0.119 e. The number of benzene rings is 1. The van der Waals surface area contributed by atoms with E-state index in [-0.39, 0.29) is 0 Å². The van der Waals surface area contributed by atoms with Crippen LogP contribution in [-0.4, -0.2) is 13.2 Å². The Morgan fingerprint density at radius 3 is 2.63 bits per heavy atom. The van der Waals surface area contributed by atoms with Crippen molar-refractivity contribution in [2.45, 2.75) is 58.0 Å². The first-order chi connectivity index (χ1) is 9.22. The van der Waals surface area contributed by atoms with E-state index in [2.05, 4.69) is 37.4 Å². The number of methoxy groups -OCH3 is 1. The molecule has 0 unspecified atom stereocenters. The van der Waals surface area contributed by atoms with E-state index in [1.54, 1.807) is 7.11 Å². The molecule has 1 aliphatic rings. The van der Waals surface area contributed by atoms with E-state index in [0.29, 0.717) is 12.1 Å². The van der Waals surface area contributed by atoms with Crippen LogP contribution in [-0.2, 0) is 0 Å². The Labute approximate surface area is 117 Å². The lowest BCUT2D eigenvalue weighted by molar-refractivity contribution is 0.273. The molecule has 1 fully saturated rings. The third kappa shape index (κ3) is 3.97. The maximum atomic E-state index is 5.30. The van der Waals surface area contributed by atoms with Crippen LogP contribution in [0.1, 0.15) is 57.6 Å². The largest absolute Gasteiger partial charge is 0.497 e. The highest BCUT2D eigenvalue weighted by Gasteiger charge is 2.21. The summed E-state index contributed by atoms with van der Waals surface area (Å²) < 4.78 is 5.30. The van der Waals surface area contributed by atoms with Gasteiger partial charge in [0.1, 0.15) is 5.75 Å². The molecule has 1 atom stereocenters. The molecule has 2 heteroatoms. The van der Waals surface area contributed by atoms with E-state index in [9.17, 15) is 0 Å². The summed E-state index contributed by atoms with van der Waals surface area (Å²) in [7, 11) is 1.73. The first-order valence-electron chi connectivity index (χ1n) is 7.63. The minimum absolute atomic E-state index is 0.401. The summed E-state index contributed by atoms with van der Waals surface area (Å²) in [4.78, 5) is 0. The standard InChI is InChI=1S/C17H27NO/c1-4-14-8-10-16(11-9-14)18-13(2)15-6-5-7-17(12-15)19-3/h5-7,12-14,16,18H,4,8-11H2,1-3H3/t13-,14?,16?/m0/s1. The predicted molar refractivity (Wildman–Crippen MR) is 80.6 cm³/mol. The molecule has 0 aromatic heterocycles. The van der Waals surface area contributed by atoms with Crippen LogP contribution >= 0.6 is 0 Å². The fourth-order valence-corrected chi connectivity index (χ4v) is 3.10. The number of hydrogen-bond donors (Lipinski definition) is 1. The van der Waals surface area contributed by atoms with E-state index >= 15 is 0 Å². The highest BCUT2D eigenvalue weighted by atomic mass is 16.5. The van der Waals surface area contributed by atoms with E-state index in [4.69, 9.17) is 4.74 Å². The smallest absolute Gasteiger partial charge is 0.119 e. The molecule has 19 heavy (non-hydrogen) atoms. The number of hydrogen-bond acceptors (Lipinski definition) is 2. The van der Waals surface area contributed by atoms with Gasteiger partial charge >= 0.3 is 0 Å². The summed E-state index contributed by atoms with van der Waals surface area (Å²) in [5, 5.41) is 3.78. The summed E-state index contributed by atoms with van der Waals surface area (Å²) in [5.41, 5.74) is 1.32. The second kappa shape index (κ2) is 6.95. The molecular weight excluding hydrogens is 234 g/mol. The van der Waals surface area contributed by atoms with Crippen LogP contribution in [0.25, 0.3) is 0 Å². The Morgan fingerprint density at radius 2 is 2.00 bits per heavy atom. The Hall–Kier alpha value is -1.02. The van der Waals surface area contributed by atoms with Crippen molar-refractivity contribution in [1.82, 2.24) is 5.32 Å². The van der Waals surface area contributed by atoms with Gasteiger partial charge in [-0.3, -0.25) is 0 Å².